The van der Waals surface area contributed by atoms with E-state index in [1.165, 1.54) is 4.90 Å². The first-order valence-corrected chi connectivity index (χ1v) is 11.7. The molecule has 0 radical (unpaired) electrons. The Kier molecular flexibility index (Phi) is 7.92. The zero-order valence-electron chi connectivity index (χ0n) is 20.3. The highest BCUT2D eigenvalue weighted by atomic mass is 35.5. The summed E-state index contributed by atoms with van der Waals surface area (Å²) >= 11 is 6.13. The summed E-state index contributed by atoms with van der Waals surface area (Å²) in [6.45, 7) is 9.97. The van der Waals surface area contributed by atoms with E-state index >= 15 is 0 Å². The average Bonchev–Trinajstić information content (AvgIpc) is 2.75. The van der Waals surface area contributed by atoms with Crippen molar-refractivity contribution in [3.05, 3.63) is 52.1 Å². The molecule has 1 saturated heterocycles. The Morgan fingerprint density at radius 2 is 1.88 bits per heavy atom. The van der Waals surface area contributed by atoms with E-state index in [1.807, 2.05) is 20.8 Å². The summed E-state index contributed by atoms with van der Waals surface area (Å²) in [6.07, 6.45) is 1.62. The summed E-state index contributed by atoms with van der Waals surface area (Å²) in [5.41, 5.74) is 1.56. The molecule has 0 N–H and O–H groups in total. The maximum Gasteiger partial charge on any atom is 0.410 e. The fourth-order valence-electron chi connectivity index (χ4n) is 4.12. The molecule has 3 rings (SSSR count). The number of rotatable bonds is 5. The van der Waals surface area contributed by atoms with Gasteiger partial charge in [-0.1, -0.05) is 17.7 Å². The quantitative estimate of drug-likeness (QED) is 0.568. The highest BCUT2D eigenvalue weighted by Gasteiger charge is 2.32. The molecule has 1 aliphatic rings. The number of piperidine rings is 1. The number of amides is 2. The van der Waals surface area contributed by atoms with Crippen LogP contribution in [-0.2, 0) is 9.53 Å². The molecule has 34 heavy (non-hydrogen) atoms. The Bertz CT molecular complexity index is 1080. The third-order valence-electron chi connectivity index (χ3n) is 5.60. The second kappa shape index (κ2) is 10.5. The van der Waals surface area contributed by atoms with Gasteiger partial charge in [-0.2, -0.15) is 0 Å². The lowest BCUT2D eigenvalue weighted by molar-refractivity contribution is -0.106. The number of hydrogen-bond acceptors (Lipinski definition) is 6. The number of likely N-dealkylation sites (tertiary alicyclic amines) is 1. The maximum absolute atomic E-state index is 13.7. The molecule has 1 fully saturated rings. The molecule has 9 heteroatoms. The Morgan fingerprint density at radius 3 is 2.47 bits per heavy atom. The molecular weight excluding hydrogens is 456 g/mol. The van der Waals surface area contributed by atoms with Crippen molar-refractivity contribution >= 4 is 35.6 Å². The minimum absolute atomic E-state index is 0.0320. The van der Waals surface area contributed by atoms with E-state index in [4.69, 9.17) is 16.3 Å². The number of aldehydes is 1. The van der Waals surface area contributed by atoms with Crippen molar-refractivity contribution in [3.63, 3.8) is 0 Å². The van der Waals surface area contributed by atoms with E-state index in [1.54, 1.807) is 43.0 Å². The second-order valence-electron chi connectivity index (χ2n) is 9.42. The number of aryl methyl sites for hydroxylation is 2. The topological polar surface area (TPSA) is 92.7 Å². The summed E-state index contributed by atoms with van der Waals surface area (Å²) in [4.78, 5) is 49.8. The zero-order valence-corrected chi connectivity index (χ0v) is 21.1. The number of anilines is 1. The molecule has 182 valence electrons. The van der Waals surface area contributed by atoms with Gasteiger partial charge >= 0.3 is 6.09 Å². The highest BCUT2D eigenvalue weighted by molar-refractivity contribution is 6.31. The van der Waals surface area contributed by atoms with Crippen LogP contribution in [0.5, 0.6) is 0 Å². The minimum atomic E-state index is -0.559. The van der Waals surface area contributed by atoms with Crippen LogP contribution in [0, 0.1) is 13.8 Å². The summed E-state index contributed by atoms with van der Waals surface area (Å²) in [5, 5.41) is 0.466. The molecule has 0 spiro atoms. The van der Waals surface area contributed by atoms with Gasteiger partial charge in [0, 0.05) is 29.7 Å². The number of halogens is 1. The van der Waals surface area contributed by atoms with E-state index in [9.17, 15) is 14.4 Å². The molecule has 1 aromatic heterocycles. The molecule has 2 aromatic rings. The first-order valence-electron chi connectivity index (χ1n) is 11.3. The number of carbonyl (C=O) groups is 3. The lowest BCUT2D eigenvalue weighted by Crippen LogP contribution is -2.42. The lowest BCUT2D eigenvalue weighted by Gasteiger charge is -2.34. The van der Waals surface area contributed by atoms with E-state index in [-0.39, 0.29) is 24.5 Å². The van der Waals surface area contributed by atoms with Crippen molar-refractivity contribution in [2.45, 2.75) is 59.0 Å². The van der Waals surface area contributed by atoms with E-state index in [0.717, 1.165) is 0 Å². The van der Waals surface area contributed by atoms with Crippen LogP contribution in [0.25, 0.3) is 0 Å². The second-order valence-corrected chi connectivity index (χ2v) is 9.86. The van der Waals surface area contributed by atoms with Gasteiger partial charge in [0.15, 0.2) is 0 Å². The number of benzene rings is 1. The minimum Gasteiger partial charge on any atom is -0.444 e. The third-order valence-corrected chi connectivity index (χ3v) is 5.83. The summed E-state index contributed by atoms with van der Waals surface area (Å²) in [5.74, 6) is 0.190. The summed E-state index contributed by atoms with van der Waals surface area (Å²) in [7, 11) is 0. The van der Waals surface area contributed by atoms with Crippen molar-refractivity contribution in [1.82, 2.24) is 14.9 Å². The van der Waals surface area contributed by atoms with Gasteiger partial charge in [-0.15, -0.1) is 0 Å². The molecule has 1 aliphatic heterocycles. The predicted molar refractivity (Wildman–Crippen MR) is 130 cm³/mol. The van der Waals surface area contributed by atoms with Gasteiger partial charge in [-0.3, -0.25) is 4.79 Å². The number of aromatic nitrogens is 2. The fraction of sp³-hybridized carbons (Fsp3) is 0.480. The van der Waals surface area contributed by atoms with Crippen LogP contribution in [0.15, 0.2) is 24.3 Å². The first-order chi connectivity index (χ1) is 16.0. The van der Waals surface area contributed by atoms with Crippen LogP contribution >= 0.6 is 11.6 Å². The zero-order chi connectivity index (χ0) is 25.0. The molecule has 2 heterocycles. The van der Waals surface area contributed by atoms with Gasteiger partial charge in [-0.05, 0) is 65.7 Å². The van der Waals surface area contributed by atoms with Gasteiger partial charge in [0.2, 0.25) is 0 Å². The van der Waals surface area contributed by atoms with E-state index < -0.39 is 5.60 Å². The Morgan fingerprint density at radius 1 is 1.21 bits per heavy atom. The van der Waals surface area contributed by atoms with Gasteiger partial charge in [0.25, 0.3) is 5.91 Å². The van der Waals surface area contributed by atoms with Crippen LogP contribution in [-0.4, -0.2) is 58.4 Å². The van der Waals surface area contributed by atoms with Crippen LogP contribution < -0.4 is 4.90 Å². The molecule has 8 nitrogen and oxygen atoms in total. The number of hydrogen-bond donors (Lipinski definition) is 0. The average molecular weight is 487 g/mol. The van der Waals surface area contributed by atoms with E-state index in [0.29, 0.717) is 65.7 Å². The number of carbonyl (C=O) groups excluding carboxylic acids is 3. The van der Waals surface area contributed by atoms with Crippen molar-refractivity contribution in [2.24, 2.45) is 0 Å². The van der Waals surface area contributed by atoms with Crippen molar-refractivity contribution in [1.29, 1.82) is 0 Å². The molecule has 2 amide bonds. The smallest absolute Gasteiger partial charge is 0.410 e. The van der Waals surface area contributed by atoms with Gasteiger partial charge in [-0.25, -0.2) is 14.8 Å². The normalized spacial score (nSPS) is 14.6. The summed E-state index contributed by atoms with van der Waals surface area (Å²) < 4.78 is 5.49. The molecular formula is C25H31ClN4O4. The Balaban J connectivity index is 1.90. The Labute approximate surface area is 205 Å². The molecule has 0 atom stereocenters. The van der Waals surface area contributed by atoms with Crippen LogP contribution in [0.1, 0.15) is 67.1 Å². The monoisotopic (exact) mass is 486 g/mol. The molecule has 1 aromatic carbocycles. The molecule has 0 bridgehead atoms. The standard InChI is InChI=1S/C25H31ClN4O4/c1-16-21(23(32)30(13-14-31)20-8-6-7-19(26)15-20)22(28-17(2)27-16)18-9-11-29(12-10-18)24(33)34-25(3,4)5/h6-8,14-15,18H,9-13H2,1-5H3. The molecule has 0 aliphatic carbocycles. The van der Waals surface area contributed by atoms with Crippen LogP contribution in [0.2, 0.25) is 5.02 Å². The number of ether oxygens (including phenoxy) is 1. The van der Waals surface area contributed by atoms with Crippen molar-refractivity contribution < 1.29 is 19.1 Å². The lowest BCUT2D eigenvalue weighted by atomic mass is 9.89. The van der Waals surface area contributed by atoms with Crippen molar-refractivity contribution in [2.75, 3.05) is 24.5 Å². The maximum atomic E-state index is 13.7. The molecule has 0 unspecified atom stereocenters. The fourth-order valence-corrected chi connectivity index (χ4v) is 4.30. The van der Waals surface area contributed by atoms with Gasteiger partial charge in [0.05, 0.1) is 23.5 Å². The first kappa shape index (κ1) is 25.6. The van der Waals surface area contributed by atoms with E-state index in [2.05, 4.69) is 9.97 Å². The number of nitrogens with zero attached hydrogens (tertiary/aromatic N) is 4. The third kappa shape index (κ3) is 6.11. The van der Waals surface area contributed by atoms with Crippen LogP contribution in [0.4, 0.5) is 10.5 Å². The van der Waals surface area contributed by atoms with Crippen LogP contribution in [0.3, 0.4) is 0 Å². The van der Waals surface area contributed by atoms with Gasteiger partial charge in [0.1, 0.15) is 17.7 Å². The summed E-state index contributed by atoms with van der Waals surface area (Å²) in [6, 6.07) is 6.82. The van der Waals surface area contributed by atoms with Gasteiger partial charge < -0.3 is 19.3 Å². The largest absolute Gasteiger partial charge is 0.444 e. The Hall–Kier alpha value is -3.00. The molecule has 0 saturated carbocycles. The SMILES string of the molecule is Cc1nc(C)c(C(=O)N(CC=O)c2cccc(Cl)c2)c(C2CCN(C(=O)OC(C)(C)C)CC2)n1. The highest BCUT2D eigenvalue weighted by Crippen LogP contribution is 2.32. The predicted octanol–water partition coefficient (Wildman–Crippen LogP) is 4.71. The van der Waals surface area contributed by atoms with Crippen molar-refractivity contribution in [3.8, 4) is 0 Å².